The Labute approximate surface area is 116 Å². The van der Waals surface area contributed by atoms with Gasteiger partial charge in [0.05, 0.1) is 5.75 Å². The second kappa shape index (κ2) is 6.80. The van der Waals surface area contributed by atoms with E-state index in [-0.39, 0.29) is 17.7 Å². The van der Waals surface area contributed by atoms with Crippen molar-refractivity contribution >= 4 is 35.1 Å². The number of carbonyl (C=O) groups is 1. The van der Waals surface area contributed by atoms with Crippen LogP contribution in [0.1, 0.15) is 13.8 Å². The molecule has 18 heavy (non-hydrogen) atoms. The first-order valence-electron chi connectivity index (χ1n) is 5.52. The molecule has 1 heterocycles. The standard InChI is InChI=1S/C11H17ClN4OS/c1-7(2)13-10(17)6-18-11-14-8(12)5-9(15-11)16(3)4/h5,7H,6H2,1-4H3,(H,13,17). The van der Waals surface area contributed by atoms with Crippen molar-refractivity contribution in [3.63, 3.8) is 0 Å². The van der Waals surface area contributed by atoms with Gasteiger partial charge in [-0.05, 0) is 13.8 Å². The number of nitrogens with one attached hydrogen (secondary N) is 1. The largest absolute Gasteiger partial charge is 0.363 e. The van der Waals surface area contributed by atoms with Gasteiger partial charge in [-0.3, -0.25) is 4.79 Å². The van der Waals surface area contributed by atoms with Gasteiger partial charge >= 0.3 is 0 Å². The summed E-state index contributed by atoms with van der Waals surface area (Å²) in [4.78, 5) is 21.7. The molecular weight excluding hydrogens is 272 g/mol. The first-order chi connectivity index (χ1) is 8.38. The molecule has 0 bridgehead atoms. The molecule has 0 saturated carbocycles. The molecule has 7 heteroatoms. The van der Waals surface area contributed by atoms with E-state index in [4.69, 9.17) is 11.6 Å². The highest BCUT2D eigenvalue weighted by molar-refractivity contribution is 7.99. The molecule has 0 aromatic carbocycles. The minimum absolute atomic E-state index is 0.0371. The van der Waals surface area contributed by atoms with Gasteiger partial charge in [0.1, 0.15) is 11.0 Å². The predicted molar refractivity (Wildman–Crippen MR) is 75.4 cm³/mol. The lowest BCUT2D eigenvalue weighted by molar-refractivity contribution is -0.119. The van der Waals surface area contributed by atoms with E-state index in [9.17, 15) is 4.79 Å². The maximum atomic E-state index is 11.5. The Bertz CT molecular complexity index is 426. The lowest BCUT2D eigenvalue weighted by Gasteiger charge is -2.12. The summed E-state index contributed by atoms with van der Waals surface area (Å²) in [5.41, 5.74) is 0. The molecule has 0 aliphatic carbocycles. The van der Waals surface area contributed by atoms with Gasteiger partial charge < -0.3 is 10.2 Å². The minimum Gasteiger partial charge on any atom is -0.363 e. The van der Waals surface area contributed by atoms with E-state index in [2.05, 4.69) is 15.3 Å². The van der Waals surface area contributed by atoms with Crippen LogP contribution in [0.5, 0.6) is 0 Å². The fraction of sp³-hybridized carbons (Fsp3) is 0.545. The van der Waals surface area contributed by atoms with E-state index < -0.39 is 0 Å². The molecule has 0 saturated heterocycles. The van der Waals surface area contributed by atoms with Crippen molar-refractivity contribution < 1.29 is 4.79 Å². The Hall–Kier alpha value is -1.01. The zero-order valence-electron chi connectivity index (χ0n) is 10.9. The number of hydrogen-bond acceptors (Lipinski definition) is 5. The predicted octanol–water partition coefficient (Wildman–Crippen LogP) is 1.81. The SMILES string of the molecule is CC(C)NC(=O)CSc1nc(Cl)cc(N(C)C)n1. The first-order valence-corrected chi connectivity index (χ1v) is 6.89. The number of nitrogens with zero attached hydrogens (tertiary/aromatic N) is 3. The number of rotatable bonds is 5. The molecule has 0 fully saturated rings. The highest BCUT2D eigenvalue weighted by Gasteiger charge is 2.09. The van der Waals surface area contributed by atoms with Gasteiger partial charge in [-0.2, -0.15) is 0 Å². The number of hydrogen-bond donors (Lipinski definition) is 1. The second-order valence-electron chi connectivity index (χ2n) is 4.24. The third kappa shape index (κ3) is 5.10. The van der Waals surface area contributed by atoms with Gasteiger partial charge in [0, 0.05) is 26.2 Å². The zero-order chi connectivity index (χ0) is 13.7. The van der Waals surface area contributed by atoms with Crippen molar-refractivity contribution in [2.24, 2.45) is 0 Å². The van der Waals surface area contributed by atoms with Crippen LogP contribution >= 0.6 is 23.4 Å². The van der Waals surface area contributed by atoms with Crippen LogP contribution in [0.3, 0.4) is 0 Å². The van der Waals surface area contributed by atoms with E-state index in [1.165, 1.54) is 11.8 Å². The fourth-order valence-electron chi connectivity index (χ4n) is 1.17. The number of halogens is 1. The topological polar surface area (TPSA) is 58.1 Å². The quantitative estimate of drug-likeness (QED) is 0.509. The van der Waals surface area contributed by atoms with E-state index in [1.54, 1.807) is 6.07 Å². The van der Waals surface area contributed by atoms with E-state index in [0.717, 1.165) is 5.82 Å². The zero-order valence-corrected chi connectivity index (χ0v) is 12.5. The Morgan fingerprint density at radius 2 is 2.17 bits per heavy atom. The van der Waals surface area contributed by atoms with Crippen LogP contribution in [-0.4, -0.2) is 41.8 Å². The Morgan fingerprint density at radius 3 is 2.72 bits per heavy atom. The highest BCUT2D eigenvalue weighted by Crippen LogP contribution is 2.20. The van der Waals surface area contributed by atoms with Crippen molar-refractivity contribution in [3.8, 4) is 0 Å². The second-order valence-corrected chi connectivity index (χ2v) is 5.57. The fourth-order valence-corrected chi connectivity index (χ4v) is 2.07. The monoisotopic (exact) mass is 288 g/mol. The summed E-state index contributed by atoms with van der Waals surface area (Å²) in [5.74, 6) is 0.970. The molecule has 1 amide bonds. The molecule has 0 atom stereocenters. The van der Waals surface area contributed by atoms with E-state index in [1.807, 2.05) is 32.8 Å². The number of aromatic nitrogens is 2. The Kier molecular flexibility index (Phi) is 5.68. The third-order valence-corrected chi connectivity index (χ3v) is 2.94. The normalized spacial score (nSPS) is 10.6. The maximum absolute atomic E-state index is 11.5. The molecule has 0 aliphatic heterocycles. The van der Waals surface area contributed by atoms with E-state index >= 15 is 0 Å². The summed E-state index contributed by atoms with van der Waals surface area (Å²) in [6, 6.07) is 1.82. The lowest BCUT2D eigenvalue weighted by Crippen LogP contribution is -2.31. The molecule has 1 aromatic rings. The van der Waals surface area contributed by atoms with Crippen molar-refractivity contribution in [1.82, 2.24) is 15.3 Å². The van der Waals surface area contributed by atoms with Gasteiger partial charge in [0.15, 0.2) is 5.16 Å². The number of carbonyl (C=O) groups excluding carboxylic acids is 1. The maximum Gasteiger partial charge on any atom is 0.230 e. The van der Waals surface area contributed by atoms with Crippen molar-refractivity contribution in [3.05, 3.63) is 11.2 Å². The molecule has 1 N–H and O–H groups in total. The molecule has 100 valence electrons. The van der Waals surface area contributed by atoms with Crippen LogP contribution in [0, 0.1) is 0 Å². The van der Waals surface area contributed by atoms with Crippen molar-refractivity contribution in [2.45, 2.75) is 25.0 Å². The highest BCUT2D eigenvalue weighted by atomic mass is 35.5. The van der Waals surface area contributed by atoms with Crippen molar-refractivity contribution in [2.75, 3.05) is 24.7 Å². The van der Waals surface area contributed by atoms with Gasteiger partial charge in [0.2, 0.25) is 5.91 Å². The average Bonchev–Trinajstić information content (AvgIpc) is 2.24. The van der Waals surface area contributed by atoms with Crippen LogP contribution in [0.4, 0.5) is 5.82 Å². The van der Waals surface area contributed by atoms with Gasteiger partial charge in [-0.1, -0.05) is 23.4 Å². The summed E-state index contributed by atoms with van der Waals surface area (Å²) in [6.07, 6.45) is 0. The molecule has 5 nitrogen and oxygen atoms in total. The van der Waals surface area contributed by atoms with Crippen LogP contribution in [0.25, 0.3) is 0 Å². The lowest BCUT2D eigenvalue weighted by atomic mass is 10.4. The molecule has 1 aromatic heterocycles. The number of anilines is 1. The summed E-state index contributed by atoms with van der Waals surface area (Å²) in [5, 5.41) is 3.69. The van der Waals surface area contributed by atoms with Crippen LogP contribution in [-0.2, 0) is 4.79 Å². The minimum atomic E-state index is -0.0371. The molecule has 1 rings (SSSR count). The van der Waals surface area contributed by atoms with E-state index in [0.29, 0.717) is 10.3 Å². The summed E-state index contributed by atoms with van der Waals surface area (Å²) in [6.45, 7) is 3.84. The average molecular weight is 289 g/mol. The van der Waals surface area contributed by atoms with Crippen LogP contribution in [0.2, 0.25) is 5.15 Å². The molecule has 0 radical (unpaired) electrons. The smallest absolute Gasteiger partial charge is 0.230 e. The number of thioether (sulfide) groups is 1. The van der Waals surface area contributed by atoms with Gasteiger partial charge in [-0.15, -0.1) is 0 Å². The Morgan fingerprint density at radius 1 is 1.50 bits per heavy atom. The number of amides is 1. The summed E-state index contributed by atoms with van der Waals surface area (Å²) >= 11 is 7.17. The molecule has 0 unspecified atom stereocenters. The van der Waals surface area contributed by atoms with Crippen molar-refractivity contribution in [1.29, 1.82) is 0 Å². The molecule has 0 aliphatic rings. The van der Waals surface area contributed by atoms with Crippen LogP contribution in [0.15, 0.2) is 11.2 Å². The van der Waals surface area contributed by atoms with Gasteiger partial charge in [-0.25, -0.2) is 9.97 Å². The van der Waals surface area contributed by atoms with Crippen LogP contribution < -0.4 is 10.2 Å². The first kappa shape index (κ1) is 15.0. The van der Waals surface area contributed by atoms with Gasteiger partial charge in [0.25, 0.3) is 0 Å². The molecule has 0 spiro atoms. The summed E-state index contributed by atoms with van der Waals surface area (Å²) in [7, 11) is 3.75. The molecular formula is C11H17ClN4OS. The Balaban J connectivity index is 2.64. The third-order valence-electron chi connectivity index (χ3n) is 1.90. The summed E-state index contributed by atoms with van der Waals surface area (Å²) < 4.78 is 0.